The van der Waals surface area contributed by atoms with E-state index >= 15 is 0 Å². The van der Waals surface area contributed by atoms with Crippen LogP contribution in [0.3, 0.4) is 0 Å². The van der Waals surface area contributed by atoms with E-state index in [1.807, 2.05) is 0 Å². The zero-order valence-corrected chi connectivity index (χ0v) is 16.4. The first kappa shape index (κ1) is 20.1. The van der Waals surface area contributed by atoms with Gasteiger partial charge in [-0.05, 0) is 44.5 Å². The van der Waals surface area contributed by atoms with Crippen molar-refractivity contribution < 1.29 is 34.8 Å². The highest BCUT2D eigenvalue weighted by Crippen LogP contribution is 2.52. The van der Waals surface area contributed by atoms with Gasteiger partial charge in [0.1, 0.15) is 22.8 Å². The summed E-state index contributed by atoms with van der Waals surface area (Å²) in [6, 6.07) is 3.62. The predicted octanol–water partition coefficient (Wildman–Crippen LogP) is -0.0360. The third-order valence-electron chi connectivity index (χ3n) is 6.46. The molecule has 0 heterocycles. The Balaban J connectivity index is 1.98. The minimum Gasteiger partial charge on any atom is -0.508 e. The van der Waals surface area contributed by atoms with Crippen LogP contribution in [0.15, 0.2) is 35.1 Å². The van der Waals surface area contributed by atoms with Gasteiger partial charge in [0, 0.05) is 11.5 Å². The number of phenolic OH excluding ortho intramolecular Hbond substituents is 1. The summed E-state index contributed by atoms with van der Waals surface area (Å²) in [5.74, 6) is -6.43. The lowest BCUT2D eigenvalue weighted by atomic mass is 9.57. The summed E-state index contributed by atoms with van der Waals surface area (Å²) in [5.41, 5.74) is 2.41. The van der Waals surface area contributed by atoms with Crippen LogP contribution in [0, 0.1) is 11.8 Å². The Morgan fingerprint density at radius 3 is 2.47 bits per heavy atom. The zero-order valence-electron chi connectivity index (χ0n) is 16.4. The maximum atomic E-state index is 13.5. The molecule has 30 heavy (non-hydrogen) atoms. The van der Waals surface area contributed by atoms with E-state index in [-0.39, 0.29) is 23.3 Å². The first-order valence-electron chi connectivity index (χ1n) is 9.47. The van der Waals surface area contributed by atoms with Crippen LogP contribution in [-0.4, -0.2) is 68.5 Å². The molecule has 1 aromatic carbocycles. The molecule has 3 aliphatic carbocycles. The van der Waals surface area contributed by atoms with Gasteiger partial charge in [-0.25, -0.2) is 0 Å². The van der Waals surface area contributed by atoms with E-state index < -0.39 is 58.0 Å². The number of ketones is 2. The number of aliphatic hydroxyl groups is 3. The molecule has 1 fully saturated rings. The second-order valence-corrected chi connectivity index (χ2v) is 8.27. The van der Waals surface area contributed by atoms with Crippen molar-refractivity contribution in [1.29, 1.82) is 0 Å². The lowest BCUT2D eigenvalue weighted by Gasteiger charge is -2.50. The number of carbonyl (C=O) groups excluding carboxylic acids is 3. The van der Waals surface area contributed by atoms with Crippen LogP contribution in [0.2, 0.25) is 0 Å². The predicted molar refractivity (Wildman–Crippen MR) is 104 cm³/mol. The average Bonchev–Trinajstić information content (AvgIpc) is 2.64. The average molecular weight is 414 g/mol. The van der Waals surface area contributed by atoms with E-state index in [1.165, 1.54) is 11.0 Å². The molecule has 3 aliphatic rings. The quantitative estimate of drug-likeness (QED) is 0.421. The fourth-order valence-electron chi connectivity index (χ4n) is 5.18. The van der Waals surface area contributed by atoms with Crippen LogP contribution in [0.4, 0.5) is 0 Å². The fraction of sp³-hybridized carbons (Fsp3) is 0.381. The zero-order chi connectivity index (χ0) is 22.1. The maximum absolute atomic E-state index is 13.5. The molecule has 0 aromatic heterocycles. The molecule has 4 rings (SSSR count). The number of phenols is 1. The largest absolute Gasteiger partial charge is 0.508 e. The topological polar surface area (TPSA) is 161 Å². The highest BCUT2D eigenvalue weighted by molar-refractivity contribution is 6.24. The second-order valence-electron chi connectivity index (χ2n) is 8.27. The molecule has 3 unspecified atom stereocenters. The van der Waals surface area contributed by atoms with Crippen molar-refractivity contribution in [3.63, 3.8) is 0 Å². The number of benzene rings is 1. The molecule has 0 saturated heterocycles. The number of hydrogen-bond donors (Lipinski definition) is 5. The number of fused-ring (bicyclic) bond motifs is 3. The maximum Gasteiger partial charge on any atom is 0.255 e. The number of Topliss-reactive ketones (excluding diaryl/α,β-unsaturated/α-hetero) is 2. The minimum atomic E-state index is -2.60. The van der Waals surface area contributed by atoms with Crippen molar-refractivity contribution in [3.8, 4) is 5.75 Å². The number of rotatable bonds is 2. The molecule has 4 atom stereocenters. The van der Waals surface area contributed by atoms with Gasteiger partial charge in [0.15, 0.2) is 11.4 Å². The van der Waals surface area contributed by atoms with Crippen molar-refractivity contribution in [2.24, 2.45) is 17.6 Å². The number of aliphatic hydroxyl groups excluding tert-OH is 2. The fourth-order valence-corrected chi connectivity index (χ4v) is 5.18. The molecular formula is C21H22N2O7. The van der Waals surface area contributed by atoms with E-state index in [9.17, 15) is 34.8 Å². The summed E-state index contributed by atoms with van der Waals surface area (Å²) in [6.07, 6.45) is 0.379. The summed E-state index contributed by atoms with van der Waals surface area (Å²) in [5, 5.41) is 43.1. The van der Waals surface area contributed by atoms with Crippen LogP contribution < -0.4 is 5.73 Å². The molecule has 0 aliphatic heterocycles. The van der Waals surface area contributed by atoms with E-state index in [0.717, 1.165) is 0 Å². The van der Waals surface area contributed by atoms with E-state index in [0.29, 0.717) is 12.0 Å². The summed E-state index contributed by atoms with van der Waals surface area (Å²) in [7, 11) is 3.12. The van der Waals surface area contributed by atoms with Crippen LogP contribution >= 0.6 is 0 Å². The smallest absolute Gasteiger partial charge is 0.255 e. The van der Waals surface area contributed by atoms with E-state index in [4.69, 9.17) is 5.73 Å². The van der Waals surface area contributed by atoms with Crippen molar-refractivity contribution in [3.05, 3.63) is 46.2 Å². The first-order valence-corrected chi connectivity index (χ1v) is 9.47. The Morgan fingerprint density at radius 1 is 1.20 bits per heavy atom. The van der Waals surface area contributed by atoms with Gasteiger partial charge in [-0.3, -0.25) is 19.3 Å². The van der Waals surface area contributed by atoms with Gasteiger partial charge < -0.3 is 26.2 Å². The molecule has 1 saturated carbocycles. The van der Waals surface area contributed by atoms with Gasteiger partial charge >= 0.3 is 0 Å². The van der Waals surface area contributed by atoms with Crippen molar-refractivity contribution in [2.45, 2.75) is 24.5 Å². The van der Waals surface area contributed by atoms with Crippen molar-refractivity contribution in [1.82, 2.24) is 4.90 Å². The molecule has 6 N–H and O–H groups in total. The molecule has 9 heteroatoms. The minimum absolute atomic E-state index is 0.0847. The third kappa shape index (κ3) is 2.39. The Morgan fingerprint density at radius 2 is 1.87 bits per heavy atom. The normalized spacial score (nSPS) is 30.9. The van der Waals surface area contributed by atoms with Gasteiger partial charge in [0.2, 0.25) is 5.78 Å². The number of nitrogens with two attached hydrogens (primary N) is 1. The van der Waals surface area contributed by atoms with Crippen LogP contribution in [-0.2, 0) is 20.8 Å². The Kier molecular flexibility index (Phi) is 4.30. The first-order chi connectivity index (χ1) is 14.0. The number of primary amides is 1. The number of aromatic hydroxyl groups is 1. The second kappa shape index (κ2) is 6.41. The highest BCUT2D eigenvalue weighted by atomic mass is 16.3. The molecule has 0 bridgehead atoms. The number of nitrogens with zero attached hydrogens (tertiary/aromatic N) is 1. The number of carbonyl (C=O) groups is 3. The molecule has 0 spiro atoms. The third-order valence-corrected chi connectivity index (χ3v) is 6.46. The van der Waals surface area contributed by atoms with Crippen molar-refractivity contribution >= 4 is 23.2 Å². The van der Waals surface area contributed by atoms with Crippen molar-refractivity contribution in [2.75, 3.05) is 14.1 Å². The lowest BCUT2D eigenvalue weighted by Crippen LogP contribution is -2.65. The van der Waals surface area contributed by atoms with E-state index in [1.54, 1.807) is 26.2 Å². The molecule has 1 amide bonds. The summed E-state index contributed by atoms with van der Waals surface area (Å²) >= 11 is 0. The molecule has 158 valence electrons. The Bertz CT molecular complexity index is 1070. The van der Waals surface area contributed by atoms with Gasteiger partial charge in [0.05, 0.1) is 11.6 Å². The lowest BCUT2D eigenvalue weighted by molar-refractivity contribution is -0.153. The molecular weight excluding hydrogens is 392 g/mol. The standard InChI is InChI=1S/C21H22N2O7/c1-23(2)15-10-7-9-6-8-4-3-5-11(24)12(8)16(25)13(9)18(27)21(10,30)19(28)14(17(15)26)20(22)29/h3-5,9-10,15,24-25,28,30H,6-7H2,1-2H3,(H2,22,29)/t9?,10?,15-,21?/m1/s1. The van der Waals surface area contributed by atoms with Crippen LogP contribution in [0.25, 0.3) is 5.76 Å². The number of amides is 1. The number of likely N-dealkylation sites (N-methyl/N-ethyl adjacent to an activating group) is 1. The molecule has 9 nitrogen and oxygen atoms in total. The molecule has 0 radical (unpaired) electrons. The highest BCUT2D eigenvalue weighted by Gasteiger charge is 2.64. The van der Waals surface area contributed by atoms with Gasteiger partial charge in [0.25, 0.3) is 5.91 Å². The monoisotopic (exact) mass is 414 g/mol. The Hall–Kier alpha value is -3.17. The van der Waals surface area contributed by atoms with E-state index in [2.05, 4.69) is 0 Å². The summed E-state index contributed by atoms with van der Waals surface area (Å²) in [4.78, 5) is 39.7. The Labute approximate surface area is 171 Å². The van der Waals surface area contributed by atoms with Gasteiger partial charge in [-0.15, -0.1) is 0 Å². The van der Waals surface area contributed by atoms with Gasteiger partial charge in [-0.2, -0.15) is 0 Å². The van der Waals surface area contributed by atoms with Crippen LogP contribution in [0.1, 0.15) is 17.5 Å². The SMILES string of the molecule is CN(C)[C@H]1C(=O)C(C(N)=O)=C(O)C2(O)C(=O)C3=C(O)c4c(O)cccc4CC3CC12. The van der Waals surface area contributed by atoms with Crippen LogP contribution in [0.5, 0.6) is 5.75 Å². The van der Waals surface area contributed by atoms with Gasteiger partial charge in [-0.1, -0.05) is 12.1 Å². The molecule has 1 aromatic rings. The summed E-state index contributed by atoms with van der Waals surface area (Å²) in [6.45, 7) is 0. The summed E-state index contributed by atoms with van der Waals surface area (Å²) < 4.78 is 0. The number of hydrogen-bond acceptors (Lipinski definition) is 8.